The zero-order valence-electron chi connectivity index (χ0n) is 14.2. The van der Waals surface area contributed by atoms with Crippen LogP contribution in [0.25, 0.3) is 33.9 Å². The molecule has 0 bridgehead atoms. The molecule has 126 valence electrons. The first-order valence-electron chi connectivity index (χ1n) is 8.39. The lowest BCUT2D eigenvalue weighted by molar-refractivity contribution is 0.217. The molecule has 0 amide bonds. The maximum Gasteiger partial charge on any atom is 0.178 e. The van der Waals surface area contributed by atoms with Crippen molar-refractivity contribution < 1.29 is 9.15 Å². The van der Waals surface area contributed by atoms with Gasteiger partial charge >= 0.3 is 0 Å². The molecule has 5 heteroatoms. The van der Waals surface area contributed by atoms with Crippen LogP contribution in [-0.2, 0) is 0 Å². The number of furan rings is 1. The van der Waals surface area contributed by atoms with Crippen LogP contribution >= 0.6 is 0 Å². The fourth-order valence-electron chi connectivity index (χ4n) is 2.65. The summed E-state index contributed by atoms with van der Waals surface area (Å²) in [5.41, 5.74) is 3.44. The summed E-state index contributed by atoms with van der Waals surface area (Å²) in [4.78, 5) is 12.4. The molecule has 0 radical (unpaired) electrons. The molecule has 0 fully saturated rings. The lowest BCUT2D eigenvalue weighted by atomic mass is 10.2. The van der Waals surface area contributed by atoms with E-state index >= 15 is 0 Å². The third-order valence-electron chi connectivity index (χ3n) is 4.16. The molecule has 1 aromatic carbocycles. The van der Waals surface area contributed by atoms with Crippen LogP contribution in [0.2, 0.25) is 0 Å². The van der Waals surface area contributed by atoms with E-state index < -0.39 is 0 Å². The van der Waals surface area contributed by atoms with Gasteiger partial charge in [-0.1, -0.05) is 19.1 Å². The van der Waals surface area contributed by atoms with E-state index in [1.807, 2.05) is 42.5 Å². The number of hydrogen-bond donors (Lipinski definition) is 1. The zero-order valence-corrected chi connectivity index (χ0v) is 14.2. The molecule has 25 heavy (non-hydrogen) atoms. The van der Waals surface area contributed by atoms with Crippen LogP contribution in [0, 0.1) is 0 Å². The Kier molecular flexibility index (Phi) is 3.98. The lowest BCUT2D eigenvalue weighted by Gasteiger charge is -2.12. The van der Waals surface area contributed by atoms with Gasteiger partial charge in [-0.25, -0.2) is 9.97 Å². The van der Waals surface area contributed by atoms with E-state index in [1.54, 1.807) is 12.5 Å². The number of hydrogen-bond acceptors (Lipinski definition) is 4. The Morgan fingerprint density at radius 3 is 2.88 bits per heavy atom. The van der Waals surface area contributed by atoms with Crippen LogP contribution in [0.15, 0.2) is 59.3 Å². The molecule has 3 aromatic heterocycles. The van der Waals surface area contributed by atoms with Crippen LogP contribution in [0.3, 0.4) is 0 Å². The summed E-state index contributed by atoms with van der Waals surface area (Å²) < 4.78 is 11.3. The van der Waals surface area contributed by atoms with Gasteiger partial charge < -0.3 is 14.1 Å². The highest BCUT2D eigenvalue weighted by Gasteiger charge is 2.10. The highest BCUT2D eigenvalue weighted by atomic mass is 16.5. The van der Waals surface area contributed by atoms with Crippen molar-refractivity contribution in [3.8, 4) is 28.5 Å². The van der Waals surface area contributed by atoms with Crippen molar-refractivity contribution in [1.82, 2.24) is 15.0 Å². The first-order chi connectivity index (χ1) is 12.2. The summed E-state index contributed by atoms with van der Waals surface area (Å²) in [5.74, 6) is 2.40. The summed E-state index contributed by atoms with van der Waals surface area (Å²) in [7, 11) is 0. The molecule has 3 heterocycles. The Balaban J connectivity index is 1.69. The zero-order chi connectivity index (χ0) is 17.2. The predicted molar refractivity (Wildman–Crippen MR) is 97.4 cm³/mol. The van der Waals surface area contributed by atoms with Gasteiger partial charge in [-0.15, -0.1) is 0 Å². The molecule has 0 spiro atoms. The minimum atomic E-state index is 0.184. The van der Waals surface area contributed by atoms with Crippen LogP contribution < -0.4 is 4.74 Å². The van der Waals surface area contributed by atoms with Crippen molar-refractivity contribution in [2.24, 2.45) is 0 Å². The summed E-state index contributed by atoms with van der Waals surface area (Å²) in [6.07, 6.45) is 4.58. The van der Waals surface area contributed by atoms with E-state index in [9.17, 15) is 0 Å². The Morgan fingerprint density at radius 1 is 1.16 bits per heavy atom. The van der Waals surface area contributed by atoms with Crippen LogP contribution in [0.4, 0.5) is 0 Å². The van der Waals surface area contributed by atoms with Gasteiger partial charge in [0.15, 0.2) is 5.65 Å². The van der Waals surface area contributed by atoms with Gasteiger partial charge in [0.05, 0.1) is 17.9 Å². The van der Waals surface area contributed by atoms with Gasteiger partial charge in [-0.3, -0.25) is 0 Å². The summed E-state index contributed by atoms with van der Waals surface area (Å²) in [6, 6.07) is 13.7. The molecule has 1 N–H and O–H groups in total. The number of benzene rings is 1. The van der Waals surface area contributed by atoms with E-state index in [1.165, 1.54) is 0 Å². The third kappa shape index (κ3) is 3.13. The first-order valence-corrected chi connectivity index (χ1v) is 8.39. The smallest absolute Gasteiger partial charge is 0.178 e. The van der Waals surface area contributed by atoms with E-state index in [4.69, 9.17) is 9.15 Å². The number of rotatable bonds is 5. The molecule has 4 aromatic rings. The number of pyridine rings is 1. The minimum absolute atomic E-state index is 0.184. The van der Waals surface area contributed by atoms with Gasteiger partial charge in [-0.05, 0) is 43.7 Å². The van der Waals surface area contributed by atoms with Gasteiger partial charge in [0.1, 0.15) is 17.3 Å². The molecule has 0 saturated heterocycles. The third-order valence-corrected chi connectivity index (χ3v) is 4.16. The molecule has 0 aliphatic rings. The highest BCUT2D eigenvalue weighted by Crippen LogP contribution is 2.26. The fraction of sp³-hybridized carbons (Fsp3) is 0.200. The number of aromatic nitrogens is 3. The fourth-order valence-corrected chi connectivity index (χ4v) is 2.65. The second-order valence-electron chi connectivity index (χ2n) is 6.02. The monoisotopic (exact) mass is 333 g/mol. The average Bonchev–Trinajstić information content (AvgIpc) is 3.30. The molecule has 5 nitrogen and oxygen atoms in total. The number of aromatic amines is 1. The number of imidazole rings is 1. The van der Waals surface area contributed by atoms with Crippen molar-refractivity contribution in [2.75, 3.05) is 0 Å². The van der Waals surface area contributed by atoms with E-state index in [0.717, 1.165) is 40.4 Å². The van der Waals surface area contributed by atoms with E-state index in [-0.39, 0.29) is 6.10 Å². The summed E-state index contributed by atoms with van der Waals surface area (Å²) in [6.45, 7) is 4.17. The quantitative estimate of drug-likeness (QED) is 0.554. The second kappa shape index (κ2) is 6.43. The number of nitrogens with one attached hydrogen (secondary N) is 1. The van der Waals surface area contributed by atoms with Crippen LogP contribution in [0.1, 0.15) is 20.3 Å². The van der Waals surface area contributed by atoms with Crippen molar-refractivity contribution in [3.05, 3.63) is 54.9 Å². The topological polar surface area (TPSA) is 63.9 Å². The minimum Gasteiger partial charge on any atom is -0.491 e. The molecular weight excluding hydrogens is 314 g/mol. The number of nitrogens with zero attached hydrogens (tertiary/aromatic N) is 2. The second-order valence-corrected chi connectivity index (χ2v) is 6.02. The molecule has 1 unspecified atom stereocenters. The number of ether oxygens (including phenoxy) is 1. The maximum atomic E-state index is 5.90. The van der Waals surface area contributed by atoms with Gasteiger partial charge in [0.2, 0.25) is 0 Å². The SMILES string of the molecule is CCC(C)Oc1cccc(-c2nc3ncc(-c4ccco4)cc3[nH]2)c1. The predicted octanol–water partition coefficient (Wildman–Crippen LogP) is 5.06. The standard InChI is InChI=1S/C20H19N3O2/c1-3-13(2)25-16-7-4-6-14(10-16)19-22-17-11-15(12-21-20(17)23-19)18-8-5-9-24-18/h4-13H,3H2,1-2H3,(H,21,22,23). The maximum absolute atomic E-state index is 5.90. The largest absolute Gasteiger partial charge is 0.491 e. The molecule has 4 rings (SSSR count). The van der Waals surface area contributed by atoms with Crippen LogP contribution in [-0.4, -0.2) is 21.1 Å². The van der Waals surface area contributed by atoms with Crippen molar-refractivity contribution in [2.45, 2.75) is 26.4 Å². The molecule has 0 aliphatic carbocycles. The van der Waals surface area contributed by atoms with Gasteiger partial charge in [0, 0.05) is 17.3 Å². The lowest BCUT2D eigenvalue weighted by Crippen LogP contribution is -2.09. The Morgan fingerprint density at radius 2 is 2.08 bits per heavy atom. The molecule has 0 saturated carbocycles. The number of H-pyrrole nitrogens is 1. The Hall–Kier alpha value is -3.08. The average molecular weight is 333 g/mol. The molecule has 1 atom stereocenters. The van der Waals surface area contributed by atoms with Crippen molar-refractivity contribution in [3.63, 3.8) is 0 Å². The van der Waals surface area contributed by atoms with Gasteiger partial charge in [0.25, 0.3) is 0 Å². The summed E-state index contributed by atoms with van der Waals surface area (Å²) >= 11 is 0. The van der Waals surface area contributed by atoms with Crippen molar-refractivity contribution in [1.29, 1.82) is 0 Å². The first kappa shape index (κ1) is 15.4. The van der Waals surface area contributed by atoms with E-state index in [0.29, 0.717) is 5.65 Å². The number of fused-ring (bicyclic) bond motifs is 1. The normalized spacial score (nSPS) is 12.4. The van der Waals surface area contributed by atoms with Gasteiger partial charge in [-0.2, -0.15) is 0 Å². The van der Waals surface area contributed by atoms with Crippen molar-refractivity contribution >= 4 is 11.2 Å². The highest BCUT2D eigenvalue weighted by molar-refractivity contribution is 5.80. The molecule has 0 aliphatic heterocycles. The Bertz CT molecular complexity index is 989. The van der Waals surface area contributed by atoms with E-state index in [2.05, 4.69) is 28.8 Å². The molecular formula is C20H19N3O2. The van der Waals surface area contributed by atoms with Crippen LogP contribution in [0.5, 0.6) is 5.75 Å². The summed E-state index contributed by atoms with van der Waals surface area (Å²) in [5, 5.41) is 0. The Labute approximate surface area is 145 Å².